The fourth-order valence-corrected chi connectivity index (χ4v) is 4.28. The lowest BCUT2D eigenvalue weighted by atomic mass is 10.2. The molecular weight excluding hydrogens is 370 g/mol. The van der Waals surface area contributed by atoms with E-state index in [4.69, 9.17) is 9.47 Å². The highest BCUT2D eigenvalue weighted by Gasteiger charge is 2.26. The molecule has 0 aromatic heterocycles. The lowest BCUT2D eigenvalue weighted by Crippen LogP contribution is -2.38. The van der Waals surface area contributed by atoms with Gasteiger partial charge in [0.2, 0.25) is 6.79 Å². The summed E-state index contributed by atoms with van der Waals surface area (Å²) in [6, 6.07) is 9.48. The first kappa shape index (κ1) is 17.5. The minimum Gasteiger partial charge on any atom is -0.454 e. The lowest BCUT2D eigenvalue weighted by molar-refractivity contribution is 0.174. The second kappa shape index (κ2) is 6.66. The summed E-state index contributed by atoms with van der Waals surface area (Å²) in [4.78, 5) is 13.9. The van der Waals surface area contributed by atoms with Crippen LogP contribution in [-0.4, -0.2) is 34.3 Å². The van der Waals surface area contributed by atoms with Crippen LogP contribution < -0.4 is 24.4 Å². The number of rotatable bonds is 4. The smallest absolute Gasteiger partial charge is 0.321 e. The Kier molecular flexibility index (Phi) is 4.31. The monoisotopic (exact) mass is 389 g/mol. The Morgan fingerprint density at radius 1 is 1.15 bits per heavy atom. The summed E-state index contributed by atoms with van der Waals surface area (Å²) in [5, 5.41) is 2.76. The molecule has 8 nitrogen and oxygen atoms in total. The second-order valence-corrected chi connectivity index (χ2v) is 7.88. The van der Waals surface area contributed by atoms with Crippen LogP contribution in [0.15, 0.2) is 41.3 Å². The van der Waals surface area contributed by atoms with E-state index in [0.29, 0.717) is 36.7 Å². The molecule has 0 aliphatic carbocycles. The maximum Gasteiger partial charge on any atom is 0.321 e. The zero-order valence-corrected chi connectivity index (χ0v) is 15.5. The van der Waals surface area contributed by atoms with Gasteiger partial charge in [-0.3, -0.25) is 9.62 Å². The van der Waals surface area contributed by atoms with Crippen LogP contribution in [0.3, 0.4) is 0 Å². The van der Waals surface area contributed by atoms with E-state index < -0.39 is 10.0 Å². The molecule has 27 heavy (non-hydrogen) atoms. The van der Waals surface area contributed by atoms with Gasteiger partial charge in [0.25, 0.3) is 10.0 Å². The number of nitrogens with one attached hydrogen (secondary N) is 2. The van der Waals surface area contributed by atoms with Gasteiger partial charge in [0, 0.05) is 24.8 Å². The van der Waals surface area contributed by atoms with Crippen molar-refractivity contribution in [2.75, 3.05) is 29.5 Å². The summed E-state index contributed by atoms with van der Waals surface area (Å²) in [6.45, 7) is 3.04. The lowest BCUT2D eigenvalue weighted by Gasteiger charge is -2.17. The van der Waals surface area contributed by atoms with Crippen molar-refractivity contribution in [2.24, 2.45) is 0 Å². The van der Waals surface area contributed by atoms with E-state index in [9.17, 15) is 13.2 Å². The highest BCUT2D eigenvalue weighted by atomic mass is 32.2. The second-order valence-electron chi connectivity index (χ2n) is 6.20. The van der Waals surface area contributed by atoms with Crippen molar-refractivity contribution < 1.29 is 22.7 Å². The van der Waals surface area contributed by atoms with Crippen LogP contribution in [-0.2, 0) is 16.4 Å². The van der Waals surface area contributed by atoms with Gasteiger partial charge in [-0.15, -0.1) is 0 Å². The van der Waals surface area contributed by atoms with E-state index in [2.05, 4.69) is 10.0 Å². The standard InChI is InChI=1S/C18H19N3O5S/c1-2-19-18(22)21-8-7-12-9-14(4-5-15(12)21)27(23,24)20-13-3-6-16-17(10-13)26-11-25-16/h3-6,9-10,20H,2,7-8,11H2,1H3,(H,19,22). The zero-order valence-electron chi connectivity index (χ0n) is 14.7. The van der Waals surface area contributed by atoms with Gasteiger partial charge in [0.1, 0.15) is 0 Å². The normalized spacial score (nSPS) is 14.8. The molecule has 0 spiro atoms. The Morgan fingerprint density at radius 3 is 2.78 bits per heavy atom. The largest absolute Gasteiger partial charge is 0.454 e. The highest BCUT2D eigenvalue weighted by Crippen LogP contribution is 2.35. The molecule has 0 unspecified atom stereocenters. The molecule has 0 saturated carbocycles. The number of amides is 2. The number of fused-ring (bicyclic) bond motifs is 2. The number of nitrogens with zero attached hydrogens (tertiary/aromatic N) is 1. The minimum atomic E-state index is -3.77. The number of benzene rings is 2. The van der Waals surface area contributed by atoms with Gasteiger partial charge in [-0.1, -0.05) is 0 Å². The maximum atomic E-state index is 12.7. The molecule has 0 saturated heterocycles. The molecule has 142 valence electrons. The van der Waals surface area contributed by atoms with Crippen molar-refractivity contribution in [3.8, 4) is 11.5 Å². The third-order valence-electron chi connectivity index (χ3n) is 4.45. The average Bonchev–Trinajstić information content (AvgIpc) is 3.27. The molecule has 2 aromatic rings. The molecule has 0 atom stereocenters. The minimum absolute atomic E-state index is 0.123. The number of anilines is 2. The molecule has 2 heterocycles. The molecule has 0 bridgehead atoms. The van der Waals surface area contributed by atoms with Crippen LogP contribution in [0.2, 0.25) is 0 Å². The topological polar surface area (TPSA) is 97.0 Å². The van der Waals surface area contributed by atoms with E-state index in [0.717, 1.165) is 11.3 Å². The third-order valence-corrected chi connectivity index (χ3v) is 5.83. The number of ether oxygens (including phenoxy) is 2. The summed E-state index contributed by atoms with van der Waals surface area (Å²) in [6.07, 6.45) is 0.611. The molecule has 9 heteroatoms. The first-order valence-corrected chi connectivity index (χ1v) is 10.1. The van der Waals surface area contributed by atoms with E-state index >= 15 is 0 Å². The van der Waals surface area contributed by atoms with Gasteiger partial charge in [-0.05, 0) is 49.2 Å². The fourth-order valence-electron chi connectivity index (χ4n) is 3.18. The van der Waals surface area contributed by atoms with Crippen LogP contribution in [0.4, 0.5) is 16.2 Å². The quantitative estimate of drug-likeness (QED) is 0.836. The van der Waals surface area contributed by atoms with Crippen LogP contribution >= 0.6 is 0 Å². The first-order valence-electron chi connectivity index (χ1n) is 8.59. The van der Waals surface area contributed by atoms with Crippen LogP contribution in [0.5, 0.6) is 11.5 Å². The molecular formula is C18H19N3O5S. The van der Waals surface area contributed by atoms with Crippen LogP contribution in [0.25, 0.3) is 0 Å². The Hall–Kier alpha value is -2.94. The molecule has 2 N–H and O–H groups in total. The van der Waals surface area contributed by atoms with Crippen LogP contribution in [0, 0.1) is 0 Å². The molecule has 2 aliphatic heterocycles. The van der Waals surface area contributed by atoms with Gasteiger partial charge >= 0.3 is 6.03 Å². The number of carbonyl (C=O) groups excluding carboxylic acids is 1. The van der Waals surface area contributed by atoms with Crippen molar-refractivity contribution in [2.45, 2.75) is 18.2 Å². The average molecular weight is 389 g/mol. The Bertz CT molecular complexity index is 1010. The van der Waals surface area contributed by atoms with Crippen LogP contribution in [0.1, 0.15) is 12.5 Å². The summed E-state index contributed by atoms with van der Waals surface area (Å²) in [5.74, 6) is 1.09. The van der Waals surface area contributed by atoms with Gasteiger partial charge in [-0.2, -0.15) is 0 Å². The molecule has 4 rings (SSSR count). The Morgan fingerprint density at radius 2 is 1.96 bits per heavy atom. The van der Waals surface area contributed by atoms with Gasteiger partial charge in [0.15, 0.2) is 11.5 Å². The molecule has 2 aromatic carbocycles. The zero-order chi connectivity index (χ0) is 19.0. The van der Waals surface area contributed by atoms with Crippen molar-refractivity contribution in [3.05, 3.63) is 42.0 Å². The van der Waals surface area contributed by atoms with Gasteiger partial charge < -0.3 is 14.8 Å². The summed E-state index contributed by atoms with van der Waals surface area (Å²) in [5.41, 5.74) is 1.96. The van der Waals surface area contributed by atoms with Crippen molar-refractivity contribution in [1.29, 1.82) is 0 Å². The predicted molar refractivity (Wildman–Crippen MR) is 99.9 cm³/mol. The SMILES string of the molecule is CCNC(=O)N1CCc2cc(S(=O)(=O)Nc3ccc4c(c3)OCO4)ccc21. The third kappa shape index (κ3) is 3.25. The Labute approximate surface area is 157 Å². The molecule has 2 aliphatic rings. The van der Waals surface area contributed by atoms with Crippen molar-refractivity contribution >= 4 is 27.4 Å². The molecule has 2 amide bonds. The summed E-state index contributed by atoms with van der Waals surface area (Å²) in [7, 11) is -3.77. The number of carbonyl (C=O) groups is 1. The van der Waals surface area contributed by atoms with Gasteiger partial charge in [-0.25, -0.2) is 13.2 Å². The summed E-state index contributed by atoms with van der Waals surface area (Å²) >= 11 is 0. The van der Waals surface area contributed by atoms with E-state index in [-0.39, 0.29) is 17.7 Å². The highest BCUT2D eigenvalue weighted by molar-refractivity contribution is 7.92. The first-order chi connectivity index (χ1) is 13.0. The van der Waals surface area contributed by atoms with Gasteiger partial charge in [0.05, 0.1) is 10.6 Å². The number of hydrogen-bond acceptors (Lipinski definition) is 5. The number of sulfonamides is 1. The van der Waals surface area contributed by atoms with E-state index in [1.807, 2.05) is 6.92 Å². The number of hydrogen-bond donors (Lipinski definition) is 2. The maximum absolute atomic E-state index is 12.7. The molecule has 0 fully saturated rings. The van der Waals surface area contributed by atoms with E-state index in [1.165, 1.54) is 6.07 Å². The predicted octanol–water partition coefficient (Wildman–Crippen LogP) is 2.31. The van der Waals surface area contributed by atoms with Crippen molar-refractivity contribution in [1.82, 2.24) is 5.32 Å². The molecule has 0 radical (unpaired) electrons. The Balaban J connectivity index is 1.57. The number of urea groups is 1. The fraction of sp³-hybridized carbons (Fsp3) is 0.278. The van der Waals surface area contributed by atoms with Crippen molar-refractivity contribution in [3.63, 3.8) is 0 Å². The summed E-state index contributed by atoms with van der Waals surface area (Å²) < 4.78 is 38.5. The van der Waals surface area contributed by atoms with E-state index in [1.54, 1.807) is 35.2 Å².